The largest absolute Gasteiger partial charge is 0.325 e. The molecule has 2 N–H and O–H groups in total. The smallest absolute Gasteiger partial charge is 0.0194 e. The molecule has 0 aromatic carbocycles. The number of rotatable bonds is 3. The van der Waals surface area contributed by atoms with Crippen LogP contribution in [0.3, 0.4) is 0 Å². The second-order valence-corrected chi connectivity index (χ2v) is 3.46. The molecule has 1 rings (SSSR count). The van der Waals surface area contributed by atoms with E-state index in [1.165, 1.54) is 12.8 Å². The average molecular weight is 145 g/mol. The van der Waals surface area contributed by atoms with Crippen molar-refractivity contribution >= 4 is 12.6 Å². The molecule has 0 aromatic rings. The van der Waals surface area contributed by atoms with Crippen molar-refractivity contribution in [3.05, 3.63) is 0 Å². The summed E-state index contributed by atoms with van der Waals surface area (Å²) >= 11 is 4.15. The van der Waals surface area contributed by atoms with Gasteiger partial charge >= 0.3 is 0 Å². The molecule has 0 aliphatic heterocycles. The molecule has 1 fully saturated rings. The van der Waals surface area contributed by atoms with Gasteiger partial charge in [-0.15, -0.1) is 0 Å². The van der Waals surface area contributed by atoms with Gasteiger partial charge in [0.2, 0.25) is 0 Å². The third-order valence-corrected chi connectivity index (χ3v) is 2.57. The number of nitrogens with two attached hydrogens (primary N) is 1. The molecule has 2 atom stereocenters. The Labute approximate surface area is 62.4 Å². The van der Waals surface area contributed by atoms with Gasteiger partial charge in [0.1, 0.15) is 0 Å². The Kier molecular flexibility index (Phi) is 2.07. The fourth-order valence-corrected chi connectivity index (χ4v) is 1.88. The highest BCUT2D eigenvalue weighted by molar-refractivity contribution is 7.80. The minimum atomic E-state index is 0.191. The van der Waals surface area contributed by atoms with Crippen LogP contribution in [-0.2, 0) is 0 Å². The zero-order valence-electron chi connectivity index (χ0n) is 5.93. The molecule has 9 heavy (non-hydrogen) atoms. The van der Waals surface area contributed by atoms with E-state index in [9.17, 15) is 0 Å². The van der Waals surface area contributed by atoms with Crippen molar-refractivity contribution in [3.63, 3.8) is 0 Å². The van der Waals surface area contributed by atoms with Crippen LogP contribution in [0.4, 0.5) is 0 Å². The SMILES string of the molecule is CCC1CC1(N)CCS. The lowest BCUT2D eigenvalue weighted by molar-refractivity contribution is 0.569. The fourth-order valence-electron chi connectivity index (χ4n) is 1.47. The van der Waals surface area contributed by atoms with Crippen LogP contribution in [0.5, 0.6) is 0 Å². The Morgan fingerprint density at radius 1 is 1.78 bits per heavy atom. The summed E-state index contributed by atoms with van der Waals surface area (Å²) in [5.74, 6) is 1.73. The number of hydrogen-bond donors (Lipinski definition) is 2. The first-order chi connectivity index (χ1) is 4.23. The van der Waals surface area contributed by atoms with Crippen molar-refractivity contribution < 1.29 is 0 Å². The van der Waals surface area contributed by atoms with Crippen LogP contribution in [-0.4, -0.2) is 11.3 Å². The average Bonchev–Trinajstić information content (AvgIpc) is 2.43. The summed E-state index contributed by atoms with van der Waals surface area (Å²) in [5.41, 5.74) is 6.15. The first kappa shape index (κ1) is 7.42. The summed E-state index contributed by atoms with van der Waals surface area (Å²) in [6, 6.07) is 0. The van der Waals surface area contributed by atoms with E-state index in [2.05, 4.69) is 19.6 Å². The summed E-state index contributed by atoms with van der Waals surface area (Å²) in [7, 11) is 0. The molecular weight excluding hydrogens is 130 g/mol. The van der Waals surface area contributed by atoms with Crippen molar-refractivity contribution in [2.45, 2.75) is 31.7 Å². The first-order valence-corrected chi connectivity index (χ1v) is 4.26. The quantitative estimate of drug-likeness (QED) is 0.577. The van der Waals surface area contributed by atoms with Gasteiger partial charge in [0.25, 0.3) is 0 Å². The molecule has 0 aromatic heterocycles. The normalized spacial score (nSPS) is 41.0. The highest BCUT2D eigenvalue weighted by Gasteiger charge is 2.48. The van der Waals surface area contributed by atoms with Crippen LogP contribution in [0, 0.1) is 5.92 Å². The first-order valence-electron chi connectivity index (χ1n) is 3.62. The van der Waals surface area contributed by atoms with Crippen LogP contribution in [0.2, 0.25) is 0 Å². The topological polar surface area (TPSA) is 26.0 Å². The predicted molar refractivity (Wildman–Crippen MR) is 43.8 cm³/mol. The molecule has 2 unspecified atom stereocenters. The second kappa shape index (κ2) is 2.51. The maximum atomic E-state index is 5.96. The van der Waals surface area contributed by atoms with Crippen molar-refractivity contribution in [1.82, 2.24) is 0 Å². The Balaban J connectivity index is 2.25. The van der Waals surface area contributed by atoms with Gasteiger partial charge in [0.05, 0.1) is 0 Å². The van der Waals surface area contributed by atoms with Gasteiger partial charge in [-0.25, -0.2) is 0 Å². The van der Waals surface area contributed by atoms with E-state index in [1.807, 2.05) is 0 Å². The summed E-state index contributed by atoms with van der Waals surface area (Å²) < 4.78 is 0. The monoisotopic (exact) mass is 145 g/mol. The van der Waals surface area contributed by atoms with Gasteiger partial charge in [-0.1, -0.05) is 13.3 Å². The molecular formula is C7H15NS. The van der Waals surface area contributed by atoms with Crippen molar-refractivity contribution in [2.75, 3.05) is 5.75 Å². The molecule has 0 heterocycles. The van der Waals surface area contributed by atoms with Gasteiger partial charge in [-0.3, -0.25) is 0 Å². The van der Waals surface area contributed by atoms with E-state index in [4.69, 9.17) is 5.73 Å². The molecule has 1 saturated carbocycles. The molecule has 1 aliphatic rings. The van der Waals surface area contributed by atoms with Crippen LogP contribution in [0.1, 0.15) is 26.2 Å². The fraction of sp³-hybridized carbons (Fsp3) is 1.00. The molecule has 1 aliphatic carbocycles. The standard InChI is InChI=1S/C7H15NS/c1-2-6-5-7(6,8)3-4-9/h6,9H,2-5,8H2,1H3. The highest BCUT2D eigenvalue weighted by atomic mass is 32.1. The van der Waals surface area contributed by atoms with Crippen molar-refractivity contribution in [1.29, 1.82) is 0 Å². The van der Waals surface area contributed by atoms with Crippen LogP contribution < -0.4 is 5.73 Å². The zero-order valence-corrected chi connectivity index (χ0v) is 6.82. The highest BCUT2D eigenvalue weighted by Crippen LogP contribution is 2.45. The molecule has 1 nitrogen and oxygen atoms in total. The minimum absolute atomic E-state index is 0.191. The lowest BCUT2D eigenvalue weighted by Crippen LogP contribution is -2.25. The second-order valence-electron chi connectivity index (χ2n) is 3.02. The Morgan fingerprint density at radius 3 is 2.78 bits per heavy atom. The summed E-state index contributed by atoms with van der Waals surface area (Å²) in [4.78, 5) is 0. The molecule has 0 amide bonds. The van der Waals surface area contributed by atoms with Gasteiger partial charge in [-0.2, -0.15) is 12.6 Å². The molecule has 0 bridgehead atoms. The Morgan fingerprint density at radius 2 is 2.44 bits per heavy atom. The summed E-state index contributed by atoms with van der Waals surface area (Å²) in [6.45, 7) is 2.21. The van der Waals surface area contributed by atoms with E-state index >= 15 is 0 Å². The molecule has 54 valence electrons. The molecule has 0 spiro atoms. The van der Waals surface area contributed by atoms with Crippen LogP contribution in [0.25, 0.3) is 0 Å². The lowest BCUT2D eigenvalue weighted by atomic mass is 10.1. The molecule has 2 heteroatoms. The van der Waals surface area contributed by atoms with E-state index < -0.39 is 0 Å². The molecule has 0 saturated heterocycles. The summed E-state index contributed by atoms with van der Waals surface area (Å²) in [6.07, 6.45) is 3.56. The van der Waals surface area contributed by atoms with Gasteiger partial charge in [0.15, 0.2) is 0 Å². The van der Waals surface area contributed by atoms with Gasteiger partial charge in [-0.05, 0) is 24.5 Å². The minimum Gasteiger partial charge on any atom is -0.325 e. The summed E-state index contributed by atoms with van der Waals surface area (Å²) in [5, 5.41) is 0. The third-order valence-electron chi connectivity index (χ3n) is 2.35. The van der Waals surface area contributed by atoms with E-state index in [1.54, 1.807) is 0 Å². The lowest BCUT2D eigenvalue weighted by Gasteiger charge is -2.06. The zero-order chi connectivity index (χ0) is 6.91. The number of thiol groups is 1. The van der Waals surface area contributed by atoms with Crippen molar-refractivity contribution in [2.24, 2.45) is 11.7 Å². The Bertz CT molecular complexity index is 105. The van der Waals surface area contributed by atoms with Crippen molar-refractivity contribution in [3.8, 4) is 0 Å². The Hall–Kier alpha value is 0.310. The molecule has 0 radical (unpaired) electrons. The number of hydrogen-bond acceptors (Lipinski definition) is 2. The van der Waals surface area contributed by atoms with Gasteiger partial charge in [0, 0.05) is 5.54 Å². The third kappa shape index (κ3) is 1.41. The van der Waals surface area contributed by atoms with E-state index in [0.29, 0.717) is 0 Å². The van der Waals surface area contributed by atoms with E-state index in [0.717, 1.165) is 18.1 Å². The van der Waals surface area contributed by atoms with Gasteiger partial charge < -0.3 is 5.73 Å². The predicted octanol–water partition coefficient (Wildman–Crippen LogP) is 1.43. The van der Waals surface area contributed by atoms with Crippen LogP contribution >= 0.6 is 12.6 Å². The maximum Gasteiger partial charge on any atom is 0.0194 e. The van der Waals surface area contributed by atoms with Crippen LogP contribution in [0.15, 0.2) is 0 Å². The van der Waals surface area contributed by atoms with E-state index in [-0.39, 0.29) is 5.54 Å². The maximum absolute atomic E-state index is 5.96.